The van der Waals surface area contributed by atoms with Crippen molar-refractivity contribution < 1.29 is 39.6 Å². The second-order valence-electron chi connectivity index (χ2n) is 7.63. The molecule has 0 saturated heterocycles. The van der Waals surface area contributed by atoms with Crippen LogP contribution in [-0.2, 0) is 16.0 Å². The average molecular weight is 406 g/mol. The van der Waals surface area contributed by atoms with E-state index in [0.717, 1.165) is 0 Å². The number of benzene rings is 1. The summed E-state index contributed by atoms with van der Waals surface area (Å²) >= 11 is 0. The Kier molecular flexibility index (Phi) is 7.64. The molecule has 0 aliphatic heterocycles. The minimum absolute atomic E-state index is 0.0197. The van der Waals surface area contributed by atoms with Crippen LogP contribution in [0, 0.1) is 17.8 Å². The van der Waals surface area contributed by atoms with Gasteiger partial charge < -0.3 is 20.4 Å². The third kappa shape index (κ3) is 5.27. The summed E-state index contributed by atoms with van der Waals surface area (Å²) in [4.78, 5) is 47.8. The number of carbonyl (C=O) groups excluding carboxylic acids is 3. The number of Topliss-reactive ketones (excluding diaryl/α,β-unsaturated/α-hetero) is 3. The van der Waals surface area contributed by atoms with Crippen LogP contribution in [-0.4, -0.2) is 57.0 Å². The van der Waals surface area contributed by atoms with Crippen LogP contribution in [0.1, 0.15) is 58.9 Å². The zero-order valence-corrected chi connectivity index (χ0v) is 16.3. The van der Waals surface area contributed by atoms with Gasteiger partial charge in [-0.2, -0.15) is 0 Å². The first kappa shape index (κ1) is 22.7. The lowest BCUT2D eigenvalue weighted by Gasteiger charge is -2.31. The standard InChI is InChI=1S/C21H26O8/c1-11(24)6-18(26)16(10-23)13(4-5-22)7-12-8-15-14(21(28)29)2-3-17(25)20(15)19(27)9-12/h2-3,12-13,16,22-23,25H,4-10H2,1H3,(H,28,29). The maximum absolute atomic E-state index is 12.6. The number of hydrogen-bond acceptors (Lipinski definition) is 7. The molecule has 0 amide bonds. The summed E-state index contributed by atoms with van der Waals surface area (Å²) in [5, 5.41) is 38.5. The molecule has 1 aliphatic rings. The molecule has 3 atom stereocenters. The summed E-state index contributed by atoms with van der Waals surface area (Å²) in [7, 11) is 0. The van der Waals surface area contributed by atoms with Crippen molar-refractivity contribution in [1.29, 1.82) is 0 Å². The van der Waals surface area contributed by atoms with E-state index in [0.29, 0.717) is 6.42 Å². The van der Waals surface area contributed by atoms with Gasteiger partial charge in [-0.15, -0.1) is 0 Å². The fourth-order valence-corrected chi connectivity index (χ4v) is 4.22. The van der Waals surface area contributed by atoms with E-state index in [-0.39, 0.29) is 72.2 Å². The van der Waals surface area contributed by atoms with E-state index in [1.165, 1.54) is 19.1 Å². The van der Waals surface area contributed by atoms with Crippen molar-refractivity contribution in [2.75, 3.05) is 13.2 Å². The van der Waals surface area contributed by atoms with Gasteiger partial charge in [0, 0.05) is 18.9 Å². The number of aromatic carboxylic acids is 1. The molecule has 29 heavy (non-hydrogen) atoms. The predicted molar refractivity (Wildman–Crippen MR) is 102 cm³/mol. The summed E-state index contributed by atoms with van der Waals surface area (Å²) in [6.45, 7) is 0.576. The SMILES string of the molecule is CC(=O)CC(=O)C(CO)C(CCO)CC1CC(=O)c2c(O)ccc(C(=O)O)c2C1. The van der Waals surface area contributed by atoms with Crippen LogP contribution >= 0.6 is 0 Å². The van der Waals surface area contributed by atoms with E-state index < -0.39 is 30.2 Å². The Bertz CT molecular complexity index is 813. The Morgan fingerprint density at radius 3 is 2.41 bits per heavy atom. The number of phenols is 1. The Morgan fingerprint density at radius 1 is 1.17 bits per heavy atom. The number of carboxylic acid groups (broad SMARTS) is 1. The number of phenolic OH excluding ortho intramolecular Hbond substituents is 1. The Balaban J connectivity index is 2.29. The van der Waals surface area contributed by atoms with Gasteiger partial charge in [0.2, 0.25) is 0 Å². The van der Waals surface area contributed by atoms with Crippen molar-refractivity contribution in [2.24, 2.45) is 17.8 Å². The molecule has 0 saturated carbocycles. The van der Waals surface area contributed by atoms with Crippen molar-refractivity contribution >= 4 is 23.3 Å². The summed E-state index contributed by atoms with van der Waals surface area (Å²) < 4.78 is 0. The van der Waals surface area contributed by atoms with Gasteiger partial charge in [-0.3, -0.25) is 14.4 Å². The Labute approximate surface area is 168 Å². The molecule has 1 aromatic carbocycles. The molecule has 0 heterocycles. The van der Waals surface area contributed by atoms with Crippen LogP contribution in [0.5, 0.6) is 5.75 Å². The maximum Gasteiger partial charge on any atom is 0.335 e. The van der Waals surface area contributed by atoms with Gasteiger partial charge in [0.1, 0.15) is 17.3 Å². The van der Waals surface area contributed by atoms with Crippen LogP contribution in [0.2, 0.25) is 0 Å². The smallest absolute Gasteiger partial charge is 0.335 e. The van der Waals surface area contributed by atoms with Crippen molar-refractivity contribution in [1.82, 2.24) is 0 Å². The summed E-state index contributed by atoms with van der Waals surface area (Å²) in [6, 6.07) is 2.45. The third-order valence-electron chi connectivity index (χ3n) is 5.51. The number of hydrogen-bond donors (Lipinski definition) is 4. The lowest BCUT2D eigenvalue weighted by molar-refractivity contribution is -0.131. The van der Waals surface area contributed by atoms with Crippen molar-refractivity contribution in [3.63, 3.8) is 0 Å². The number of carbonyl (C=O) groups is 4. The van der Waals surface area contributed by atoms with E-state index in [4.69, 9.17) is 0 Å². The molecule has 0 fully saturated rings. The molecule has 0 radical (unpaired) electrons. The van der Waals surface area contributed by atoms with E-state index in [1.807, 2.05) is 0 Å². The topological polar surface area (TPSA) is 149 Å². The normalized spacial score (nSPS) is 18.0. The molecule has 3 unspecified atom stereocenters. The number of ketones is 3. The number of aliphatic hydroxyl groups is 2. The van der Waals surface area contributed by atoms with Crippen molar-refractivity contribution in [3.05, 3.63) is 28.8 Å². The lowest BCUT2D eigenvalue weighted by Crippen LogP contribution is -2.32. The van der Waals surface area contributed by atoms with Crippen LogP contribution in [0.3, 0.4) is 0 Å². The summed E-state index contributed by atoms with van der Waals surface area (Å²) in [5.74, 6) is -4.19. The molecule has 1 aliphatic carbocycles. The van der Waals surface area contributed by atoms with Gasteiger partial charge in [0.05, 0.1) is 24.2 Å². The molecule has 0 aromatic heterocycles. The zero-order chi connectivity index (χ0) is 21.7. The Morgan fingerprint density at radius 2 is 1.86 bits per heavy atom. The predicted octanol–water partition coefficient (Wildman–Crippen LogP) is 1.38. The van der Waals surface area contributed by atoms with Crippen molar-refractivity contribution in [2.45, 2.75) is 39.0 Å². The number of rotatable bonds is 10. The summed E-state index contributed by atoms with van der Waals surface area (Å²) in [5.41, 5.74) is 0.226. The molecule has 0 bridgehead atoms. The van der Waals surface area contributed by atoms with Gasteiger partial charge in [0.15, 0.2) is 5.78 Å². The third-order valence-corrected chi connectivity index (χ3v) is 5.51. The van der Waals surface area contributed by atoms with E-state index in [1.54, 1.807) is 0 Å². The van der Waals surface area contributed by atoms with Gasteiger partial charge in [-0.25, -0.2) is 4.79 Å². The van der Waals surface area contributed by atoms with E-state index in [9.17, 15) is 39.6 Å². The molecule has 8 nitrogen and oxygen atoms in total. The highest BCUT2D eigenvalue weighted by molar-refractivity contribution is 6.04. The molecular weight excluding hydrogens is 380 g/mol. The quantitative estimate of drug-likeness (QED) is 0.426. The van der Waals surface area contributed by atoms with E-state index >= 15 is 0 Å². The van der Waals surface area contributed by atoms with Crippen LogP contribution in [0.4, 0.5) is 0 Å². The second-order valence-corrected chi connectivity index (χ2v) is 7.63. The monoisotopic (exact) mass is 406 g/mol. The highest BCUT2D eigenvalue weighted by Gasteiger charge is 2.35. The second kappa shape index (κ2) is 9.76. The number of carboxylic acids is 1. The average Bonchev–Trinajstić information content (AvgIpc) is 2.61. The van der Waals surface area contributed by atoms with Gasteiger partial charge >= 0.3 is 5.97 Å². The Hall–Kier alpha value is -2.58. The highest BCUT2D eigenvalue weighted by atomic mass is 16.4. The van der Waals surface area contributed by atoms with Gasteiger partial charge in [-0.05, 0) is 55.7 Å². The molecule has 1 aromatic rings. The molecular formula is C21H26O8. The van der Waals surface area contributed by atoms with Crippen LogP contribution in [0.25, 0.3) is 0 Å². The number of aliphatic hydroxyl groups excluding tert-OH is 2. The summed E-state index contributed by atoms with van der Waals surface area (Å²) in [6.07, 6.45) is 0.479. The largest absolute Gasteiger partial charge is 0.507 e. The maximum atomic E-state index is 12.6. The number of fused-ring (bicyclic) bond motifs is 1. The molecule has 2 rings (SSSR count). The minimum Gasteiger partial charge on any atom is -0.507 e. The molecule has 8 heteroatoms. The number of aromatic hydroxyl groups is 1. The first-order chi connectivity index (χ1) is 13.7. The zero-order valence-electron chi connectivity index (χ0n) is 16.3. The van der Waals surface area contributed by atoms with E-state index in [2.05, 4.69) is 0 Å². The molecule has 158 valence electrons. The first-order valence-corrected chi connectivity index (χ1v) is 9.54. The first-order valence-electron chi connectivity index (χ1n) is 9.54. The minimum atomic E-state index is -1.20. The fraction of sp³-hybridized carbons (Fsp3) is 0.524. The highest BCUT2D eigenvalue weighted by Crippen LogP contribution is 2.38. The fourth-order valence-electron chi connectivity index (χ4n) is 4.22. The van der Waals surface area contributed by atoms with Crippen LogP contribution in [0.15, 0.2) is 12.1 Å². The van der Waals surface area contributed by atoms with Gasteiger partial charge in [-0.1, -0.05) is 0 Å². The lowest BCUT2D eigenvalue weighted by atomic mass is 9.73. The van der Waals surface area contributed by atoms with Gasteiger partial charge in [0.25, 0.3) is 0 Å². The van der Waals surface area contributed by atoms with Crippen LogP contribution < -0.4 is 0 Å². The molecule has 0 spiro atoms. The van der Waals surface area contributed by atoms with Crippen molar-refractivity contribution in [3.8, 4) is 5.75 Å². The molecule has 4 N–H and O–H groups in total.